The van der Waals surface area contributed by atoms with Gasteiger partial charge < -0.3 is 5.32 Å². The van der Waals surface area contributed by atoms with Gasteiger partial charge in [0.1, 0.15) is 0 Å². The molecule has 0 saturated heterocycles. The van der Waals surface area contributed by atoms with Crippen LogP contribution in [0.1, 0.15) is 0 Å². The highest BCUT2D eigenvalue weighted by Gasteiger charge is 2.34. The van der Waals surface area contributed by atoms with Gasteiger partial charge in [0.05, 0.1) is 0 Å². The molecular weight excluding hydrogens is 247 g/mol. The van der Waals surface area contributed by atoms with E-state index in [0.717, 1.165) is 10.8 Å². The summed E-state index contributed by atoms with van der Waals surface area (Å²) in [4.78, 5) is -1.13. The average molecular weight is 255 g/mol. The zero-order valence-electron chi connectivity index (χ0n) is 8.58. The first-order valence-electron chi connectivity index (χ1n) is 4.84. The topological polar surface area (TPSA) is 12.0 Å². The lowest BCUT2D eigenvalue weighted by Gasteiger charge is -2.11. The minimum Gasteiger partial charge on any atom is -0.342 e. The zero-order chi connectivity index (χ0) is 12.5. The van der Waals surface area contributed by atoms with Gasteiger partial charge in [-0.25, -0.2) is 0 Å². The molecule has 0 fully saturated rings. The van der Waals surface area contributed by atoms with Gasteiger partial charge in [0.25, 0.3) is 0 Å². The van der Waals surface area contributed by atoms with E-state index in [1.165, 1.54) is 0 Å². The van der Waals surface area contributed by atoms with Crippen LogP contribution in [0.4, 0.5) is 18.9 Å². The van der Waals surface area contributed by atoms with Crippen LogP contribution in [0.3, 0.4) is 0 Å². The van der Waals surface area contributed by atoms with E-state index in [1.807, 2.05) is 24.3 Å². The third kappa shape index (κ3) is 2.74. The van der Waals surface area contributed by atoms with E-state index in [-0.39, 0.29) is 0 Å². The fourth-order valence-electron chi connectivity index (χ4n) is 1.47. The van der Waals surface area contributed by atoms with Crippen LogP contribution in [-0.4, -0.2) is 11.2 Å². The largest absolute Gasteiger partial charge is 0.441 e. The lowest BCUT2D eigenvalue weighted by Crippen LogP contribution is -2.27. The Hall–Kier alpha value is -1.62. The summed E-state index contributed by atoms with van der Waals surface area (Å²) in [5, 5.41) is 4.01. The average Bonchev–Trinajstić information content (AvgIpc) is 2.27. The summed E-state index contributed by atoms with van der Waals surface area (Å²) in [6.45, 7) is 0. The maximum atomic E-state index is 12.2. The van der Waals surface area contributed by atoms with E-state index in [9.17, 15) is 13.2 Å². The van der Waals surface area contributed by atoms with E-state index in [0.29, 0.717) is 5.69 Å². The fraction of sp³-hybridized carbons (Fsp3) is 0.0833. The normalized spacial score (nSPS) is 11.5. The molecule has 0 heterocycles. The van der Waals surface area contributed by atoms with Gasteiger partial charge in [0, 0.05) is 5.69 Å². The molecule has 2 aromatic carbocycles. The maximum absolute atomic E-state index is 12.2. The van der Waals surface area contributed by atoms with Crippen molar-refractivity contribution in [2.24, 2.45) is 0 Å². The van der Waals surface area contributed by atoms with Gasteiger partial charge in [-0.1, -0.05) is 42.5 Å². The minimum atomic E-state index is -4.50. The van der Waals surface area contributed by atoms with Gasteiger partial charge in [0.2, 0.25) is 0 Å². The van der Waals surface area contributed by atoms with Gasteiger partial charge in [0.15, 0.2) is 4.99 Å². The first-order valence-corrected chi connectivity index (χ1v) is 5.24. The predicted molar refractivity (Wildman–Crippen MR) is 66.2 cm³/mol. The van der Waals surface area contributed by atoms with Gasteiger partial charge in [-0.05, 0) is 22.9 Å². The molecular formula is C12H8F3NS. The van der Waals surface area contributed by atoms with Gasteiger partial charge >= 0.3 is 6.18 Å². The van der Waals surface area contributed by atoms with Gasteiger partial charge in [-0.15, -0.1) is 0 Å². The van der Waals surface area contributed by atoms with E-state index >= 15 is 0 Å². The number of halogens is 3. The van der Waals surface area contributed by atoms with E-state index in [1.54, 1.807) is 18.2 Å². The fourth-order valence-corrected chi connectivity index (χ4v) is 1.59. The number of benzene rings is 2. The lowest BCUT2D eigenvalue weighted by atomic mass is 10.1. The predicted octanol–water partition coefficient (Wildman–Crippen LogP) is 4.14. The van der Waals surface area contributed by atoms with E-state index in [4.69, 9.17) is 0 Å². The van der Waals surface area contributed by atoms with Crippen molar-refractivity contribution in [3.05, 3.63) is 42.5 Å². The number of hydrogen-bond acceptors (Lipinski definition) is 1. The molecule has 5 heteroatoms. The molecule has 0 aromatic heterocycles. The third-order valence-corrected chi connectivity index (χ3v) is 2.60. The number of hydrogen-bond donors (Lipinski definition) is 1. The molecule has 1 N–H and O–H groups in total. The third-order valence-electron chi connectivity index (χ3n) is 2.26. The second kappa shape index (κ2) is 4.33. The molecule has 88 valence electrons. The van der Waals surface area contributed by atoms with Gasteiger partial charge in [-0.3, -0.25) is 0 Å². The van der Waals surface area contributed by atoms with Crippen LogP contribution in [0.5, 0.6) is 0 Å². The maximum Gasteiger partial charge on any atom is 0.441 e. The summed E-state index contributed by atoms with van der Waals surface area (Å²) < 4.78 is 36.7. The first-order chi connectivity index (χ1) is 7.97. The van der Waals surface area contributed by atoms with Crippen LogP contribution in [0.15, 0.2) is 42.5 Å². The van der Waals surface area contributed by atoms with Crippen LogP contribution in [0.25, 0.3) is 10.8 Å². The molecule has 0 spiro atoms. The van der Waals surface area contributed by atoms with Crippen LogP contribution in [0, 0.1) is 0 Å². The molecule has 0 radical (unpaired) electrons. The number of fused-ring (bicyclic) bond motifs is 1. The van der Waals surface area contributed by atoms with Crippen LogP contribution >= 0.6 is 12.2 Å². The molecule has 0 aliphatic carbocycles. The van der Waals surface area contributed by atoms with Crippen molar-refractivity contribution in [1.82, 2.24) is 0 Å². The second-order valence-corrected chi connectivity index (χ2v) is 3.92. The highest BCUT2D eigenvalue weighted by molar-refractivity contribution is 7.80. The van der Waals surface area contributed by atoms with Crippen molar-refractivity contribution in [2.45, 2.75) is 6.18 Å². The second-order valence-electron chi connectivity index (χ2n) is 3.51. The Balaban J connectivity index is 2.29. The van der Waals surface area contributed by atoms with Crippen molar-refractivity contribution in [3.63, 3.8) is 0 Å². The SMILES string of the molecule is FC(F)(F)C(=S)Nc1ccc2ccccc2c1. The molecule has 2 rings (SSSR count). The summed E-state index contributed by atoms with van der Waals surface area (Å²) in [5.74, 6) is 0. The number of thiocarbonyl (C=S) groups is 1. The van der Waals surface area contributed by atoms with Crippen molar-refractivity contribution in [2.75, 3.05) is 5.32 Å². The molecule has 0 saturated carbocycles. The molecule has 17 heavy (non-hydrogen) atoms. The summed E-state index contributed by atoms with van der Waals surface area (Å²) in [6.07, 6.45) is -4.50. The molecule has 0 unspecified atom stereocenters. The van der Waals surface area contributed by atoms with E-state index < -0.39 is 11.2 Å². The molecule has 0 atom stereocenters. The number of alkyl halides is 3. The molecule has 0 amide bonds. The Kier molecular flexibility index (Phi) is 3.02. The molecule has 1 nitrogen and oxygen atoms in total. The Bertz CT molecular complexity index is 563. The van der Waals surface area contributed by atoms with Crippen LogP contribution in [0.2, 0.25) is 0 Å². The Morgan fingerprint density at radius 2 is 1.65 bits per heavy atom. The zero-order valence-corrected chi connectivity index (χ0v) is 9.40. The summed E-state index contributed by atoms with van der Waals surface area (Å²) in [5.41, 5.74) is 0.339. The van der Waals surface area contributed by atoms with Gasteiger partial charge in [-0.2, -0.15) is 13.2 Å². The van der Waals surface area contributed by atoms with Crippen LogP contribution in [-0.2, 0) is 0 Å². The van der Waals surface area contributed by atoms with Crippen LogP contribution < -0.4 is 5.32 Å². The van der Waals surface area contributed by atoms with Crippen molar-refractivity contribution < 1.29 is 13.2 Å². The highest BCUT2D eigenvalue weighted by Crippen LogP contribution is 2.22. The van der Waals surface area contributed by atoms with Crippen molar-refractivity contribution >= 4 is 33.7 Å². The number of rotatable bonds is 1. The Labute approximate surface area is 101 Å². The quantitative estimate of drug-likeness (QED) is 0.768. The smallest absolute Gasteiger partial charge is 0.342 e. The molecule has 2 aromatic rings. The monoisotopic (exact) mass is 255 g/mol. The van der Waals surface area contributed by atoms with Crippen molar-refractivity contribution in [3.8, 4) is 0 Å². The summed E-state index contributed by atoms with van der Waals surface area (Å²) in [6, 6.07) is 12.4. The molecule has 0 bridgehead atoms. The Morgan fingerprint density at radius 3 is 2.29 bits per heavy atom. The molecule has 0 aliphatic heterocycles. The highest BCUT2D eigenvalue weighted by atomic mass is 32.1. The number of anilines is 1. The summed E-state index contributed by atoms with van der Waals surface area (Å²) in [7, 11) is 0. The summed E-state index contributed by atoms with van der Waals surface area (Å²) >= 11 is 4.26. The first kappa shape index (κ1) is 11.9. The minimum absolute atomic E-state index is 0.339. The van der Waals surface area contributed by atoms with Crippen molar-refractivity contribution in [1.29, 1.82) is 0 Å². The van der Waals surface area contributed by atoms with E-state index in [2.05, 4.69) is 17.5 Å². The lowest BCUT2D eigenvalue weighted by molar-refractivity contribution is -0.0562. The Morgan fingerprint density at radius 1 is 1.00 bits per heavy atom. The molecule has 0 aliphatic rings. The standard InChI is InChI=1S/C12H8F3NS/c13-12(14,15)11(17)16-10-6-5-8-3-1-2-4-9(8)7-10/h1-7H,(H,16,17). The number of nitrogens with one attached hydrogen (secondary N) is 1.